The summed E-state index contributed by atoms with van der Waals surface area (Å²) < 4.78 is 129. The fourth-order valence-corrected chi connectivity index (χ4v) is 2.65. The minimum Gasteiger partial charge on any atom is -0.442 e. The summed E-state index contributed by atoms with van der Waals surface area (Å²) in [6.45, 7) is 2.09. The molecule has 0 aliphatic carbocycles. The fraction of sp³-hybridized carbons (Fsp3) is 0.421. The van der Waals surface area contributed by atoms with Crippen molar-refractivity contribution in [3.05, 3.63) is 45.7 Å². The van der Waals surface area contributed by atoms with Gasteiger partial charge in [0.1, 0.15) is 0 Å². The number of hydrogen-bond acceptors (Lipinski definition) is 5. The molecule has 0 aliphatic rings. The molecule has 35 heavy (non-hydrogen) atoms. The second-order valence-electron chi connectivity index (χ2n) is 7.18. The molecule has 2 rings (SSSR count). The summed E-state index contributed by atoms with van der Waals surface area (Å²) in [6, 6.07) is 0.250. The molecule has 0 radical (unpaired) electrons. The van der Waals surface area contributed by atoms with E-state index in [4.69, 9.17) is 21.1 Å². The second kappa shape index (κ2) is 9.95. The highest BCUT2D eigenvalue weighted by Gasteiger charge is 2.39. The molecule has 0 N–H and O–H groups in total. The molecule has 0 spiro atoms. The van der Waals surface area contributed by atoms with Crippen LogP contribution in [0.2, 0.25) is 5.02 Å². The lowest BCUT2D eigenvalue weighted by Gasteiger charge is -2.16. The van der Waals surface area contributed by atoms with E-state index in [1.165, 1.54) is 13.8 Å². The van der Waals surface area contributed by atoms with Crippen molar-refractivity contribution in [2.45, 2.75) is 32.4 Å². The summed E-state index contributed by atoms with van der Waals surface area (Å²) in [7, 11) is 1.01. The van der Waals surface area contributed by atoms with Gasteiger partial charge in [0, 0.05) is 13.1 Å². The molecule has 194 valence electrons. The Morgan fingerprint density at radius 3 is 2.11 bits per heavy atom. The van der Waals surface area contributed by atoms with Gasteiger partial charge < -0.3 is 9.47 Å². The standard InChI is InChI=1S/C19H15ClF9N3O3/c1-8(2)15(33)35-7-34-13-6-12(19(27,28)29)31-16(32(13)3)30-11-5-9(17(21,22)23)4-10(14(11)20)18(24,25)26/h4-6,8H,7H2,1-3H3. The number of benzene rings is 1. The van der Waals surface area contributed by atoms with Crippen molar-refractivity contribution in [2.75, 3.05) is 6.79 Å². The third-order valence-electron chi connectivity index (χ3n) is 4.19. The van der Waals surface area contributed by atoms with Crippen molar-refractivity contribution < 1.29 is 53.8 Å². The second-order valence-corrected chi connectivity index (χ2v) is 7.56. The zero-order valence-corrected chi connectivity index (χ0v) is 18.6. The number of halogens is 10. The average Bonchev–Trinajstić information content (AvgIpc) is 2.69. The Morgan fingerprint density at radius 2 is 1.63 bits per heavy atom. The highest BCUT2D eigenvalue weighted by Crippen LogP contribution is 2.43. The van der Waals surface area contributed by atoms with Crippen LogP contribution in [0.5, 0.6) is 5.88 Å². The lowest BCUT2D eigenvalue weighted by atomic mass is 10.1. The third-order valence-corrected chi connectivity index (χ3v) is 4.58. The molecule has 16 heteroatoms. The Bertz CT molecular complexity index is 1170. The van der Waals surface area contributed by atoms with Gasteiger partial charge >= 0.3 is 24.5 Å². The van der Waals surface area contributed by atoms with E-state index in [0.717, 1.165) is 7.05 Å². The van der Waals surface area contributed by atoms with E-state index >= 15 is 0 Å². The Kier molecular flexibility index (Phi) is 8.04. The van der Waals surface area contributed by atoms with E-state index in [-0.39, 0.29) is 12.1 Å². The smallest absolute Gasteiger partial charge is 0.433 e. The zero-order valence-electron chi connectivity index (χ0n) is 17.9. The highest BCUT2D eigenvalue weighted by molar-refractivity contribution is 6.33. The molecule has 0 amide bonds. The summed E-state index contributed by atoms with van der Waals surface area (Å²) >= 11 is 5.61. The first-order valence-electron chi connectivity index (χ1n) is 9.29. The number of carbonyl (C=O) groups excluding carboxylic acids is 1. The van der Waals surface area contributed by atoms with Gasteiger partial charge in [-0.25, -0.2) is 9.98 Å². The van der Waals surface area contributed by atoms with Crippen LogP contribution >= 0.6 is 11.6 Å². The van der Waals surface area contributed by atoms with Gasteiger partial charge in [0.25, 0.3) is 0 Å². The van der Waals surface area contributed by atoms with E-state index < -0.39 is 76.2 Å². The van der Waals surface area contributed by atoms with Gasteiger partial charge in [-0.1, -0.05) is 25.4 Å². The Morgan fingerprint density at radius 1 is 1.03 bits per heavy atom. The number of carbonyl (C=O) groups is 1. The van der Waals surface area contributed by atoms with Crippen molar-refractivity contribution in [3.63, 3.8) is 0 Å². The molecule has 0 aliphatic heterocycles. The number of aromatic nitrogens is 2. The van der Waals surface area contributed by atoms with Crippen molar-refractivity contribution in [1.29, 1.82) is 0 Å². The Labute approximate surface area is 195 Å². The van der Waals surface area contributed by atoms with E-state index in [1.54, 1.807) is 0 Å². The molecule has 2 aromatic rings. The van der Waals surface area contributed by atoms with Crippen LogP contribution in [0.25, 0.3) is 0 Å². The van der Waals surface area contributed by atoms with E-state index in [9.17, 15) is 44.3 Å². The van der Waals surface area contributed by atoms with Gasteiger partial charge in [-0.15, -0.1) is 0 Å². The summed E-state index contributed by atoms with van der Waals surface area (Å²) in [5.41, 5.74) is -7.48. The number of hydrogen-bond donors (Lipinski definition) is 0. The van der Waals surface area contributed by atoms with Gasteiger partial charge in [-0.3, -0.25) is 9.36 Å². The number of rotatable bonds is 5. The van der Waals surface area contributed by atoms with Crippen molar-refractivity contribution >= 4 is 23.3 Å². The van der Waals surface area contributed by atoms with Crippen LogP contribution in [-0.4, -0.2) is 22.3 Å². The predicted octanol–water partition coefficient (Wildman–Crippen LogP) is 5.90. The summed E-state index contributed by atoms with van der Waals surface area (Å²) in [6.07, 6.45) is -15.7. The van der Waals surface area contributed by atoms with Crippen LogP contribution in [0.3, 0.4) is 0 Å². The van der Waals surface area contributed by atoms with Gasteiger partial charge in [0.2, 0.25) is 18.3 Å². The molecule has 0 saturated heterocycles. The maximum absolute atomic E-state index is 13.3. The first-order valence-corrected chi connectivity index (χ1v) is 9.67. The number of ether oxygens (including phenoxy) is 2. The van der Waals surface area contributed by atoms with E-state index in [2.05, 4.69) is 9.98 Å². The molecule has 1 aromatic carbocycles. The molecule has 6 nitrogen and oxygen atoms in total. The van der Waals surface area contributed by atoms with Crippen LogP contribution in [0.15, 0.2) is 23.2 Å². The Balaban J connectivity index is 2.74. The maximum Gasteiger partial charge on any atom is 0.433 e. The molecule has 0 unspecified atom stereocenters. The summed E-state index contributed by atoms with van der Waals surface area (Å²) in [5, 5.41) is -1.29. The normalized spacial score (nSPS) is 13.4. The van der Waals surface area contributed by atoms with Crippen LogP contribution < -0.4 is 10.4 Å². The van der Waals surface area contributed by atoms with Crippen LogP contribution in [0, 0.1) is 5.92 Å². The third kappa shape index (κ3) is 7.02. The van der Waals surface area contributed by atoms with Crippen molar-refractivity contribution in [3.8, 4) is 5.88 Å². The molecule has 1 aromatic heterocycles. The topological polar surface area (TPSA) is 65.7 Å². The largest absolute Gasteiger partial charge is 0.442 e. The zero-order chi connectivity index (χ0) is 26.9. The highest BCUT2D eigenvalue weighted by atomic mass is 35.5. The van der Waals surface area contributed by atoms with Crippen LogP contribution in [-0.2, 0) is 35.1 Å². The SMILES string of the molecule is CC(C)C(=O)OCOc1cc(C(F)(F)F)nc(=Nc2cc(C(F)(F)F)cc(C(F)(F)F)c2Cl)n1C. The molecular weight excluding hydrogens is 525 g/mol. The quantitative estimate of drug-likeness (QED) is 0.270. The van der Waals surface area contributed by atoms with Gasteiger partial charge in [-0.2, -0.15) is 39.5 Å². The number of nitrogens with zero attached hydrogens (tertiary/aromatic N) is 3. The monoisotopic (exact) mass is 539 g/mol. The fourth-order valence-electron chi connectivity index (χ4n) is 2.39. The average molecular weight is 540 g/mol. The minimum atomic E-state index is -5.33. The van der Waals surface area contributed by atoms with E-state index in [1.807, 2.05) is 0 Å². The van der Waals surface area contributed by atoms with Crippen molar-refractivity contribution in [2.24, 2.45) is 18.0 Å². The molecule has 1 heterocycles. The lowest BCUT2D eigenvalue weighted by Crippen LogP contribution is -2.28. The maximum atomic E-state index is 13.3. The van der Waals surface area contributed by atoms with Gasteiger partial charge in [0.05, 0.1) is 27.8 Å². The summed E-state index contributed by atoms with van der Waals surface area (Å²) in [5.74, 6) is -2.01. The van der Waals surface area contributed by atoms with Crippen LogP contribution in [0.4, 0.5) is 45.2 Å². The van der Waals surface area contributed by atoms with E-state index in [0.29, 0.717) is 10.6 Å². The van der Waals surface area contributed by atoms with Gasteiger partial charge in [0.15, 0.2) is 5.69 Å². The minimum absolute atomic E-state index is 0.129. The summed E-state index contributed by atoms with van der Waals surface area (Å²) in [4.78, 5) is 18.1. The lowest BCUT2D eigenvalue weighted by molar-refractivity contribution is -0.154. The molecule has 0 fully saturated rings. The first kappa shape index (κ1) is 28.3. The molecule has 0 atom stereocenters. The molecule has 0 saturated carbocycles. The number of esters is 1. The Hall–Kier alpha value is -2.97. The predicted molar refractivity (Wildman–Crippen MR) is 101 cm³/mol. The van der Waals surface area contributed by atoms with Crippen LogP contribution in [0.1, 0.15) is 30.7 Å². The number of alkyl halides is 9. The molecular formula is C19H15ClF9N3O3. The van der Waals surface area contributed by atoms with Crippen molar-refractivity contribution in [1.82, 2.24) is 9.55 Å². The molecule has 0 bridgehead atoms. The first-order chi connectivity index (χ1) is 15.8. The van der Waals surface area contributed by atoms with Gasteiger partial charge in [-0.05, 0) is 12.1 Å².